The zero-order valence-electron chi connectivity index (χ0n) is 17.7. The second-order valence-electron chi connectivity index (χ2n) is 7.45. The van der Waals surface area contributed by atoms with E-state index >= 15 is 0 Å². The molecule has 0 unspecified atom stereocenters. The fourth-order valence-corrected chi connectivity index (χ4v) is 3.31. The molecule has 0 aliphatic heterocycles. The van der Waals surface area contributed by atoms with Gasteiger partial charge in [0.25, 0.3) is 0 Å². The Morgan fingerprint density at radius 2 is 1.81 bits per heavy atom. The predicted molar refractivity (Wildman–Crippen MR) is 121 cm³/mol. The van der Waals surface area contributed by atoms with Gasteiger partial charge in [0.1, 0.15) is 6.54 Å². The molecule has 8 heteroatoms. The highest BCUT2D eigenvalue weighted by Crippen LogP contribution is 2.16. The van der Waals surface area contributed by atoms with Crippen LogP contribution in [0.25, 0.3) is 5.65 Å². The Morgan fingerprint density at radius 3 is 2.55 bits per heavy atom. The molecular formula is C23H24N6O2. The fourth-order valence-electron chi connectivity index (χ4n) is 3.31. The van der Waals surface area contributed by atoms with E-state index in [-0.39, 0.29) is 12.5 Å². The van der Waals surface area contributed by atoms with Crippen molar-refractivity contribution in [3.8, 4) is 0 Å². The highest BCUT2D eigenvalue weighted by molar-refractivity contribution is 5.90. The first kappa shape index (κ1) is 20.3. The molecule has 2 aromatic carbocycles. The average molecular weight is 416 g/mol. The lowest BCUT2D eigenvalue weighted by molar-refractivity contribution is -0.117. The molecule has 31 heavy (non-hydrogen) atoms. The minimum atomic E-state index is -0.436. The topological polar surface area (TPSA) is 93.3 Å². The lowest BCUT2D eigenvalue weighted by Gasteiger charge is -2.08. The number of hydrogen-bond acceptors (Lipinski definition) is 5. The van der Waals surface area contributed by atoms with Crippen LogP contribution in [-0.4, -0.2) is 25.1 Å². The van der Waals surface area contributed by atoms with Crippen LogP contribution in [0, 0.1) is 13.8 Å². The van der Waals surface area contributed by atoms with Crippen molar-refractivity contribution in [3.63, 3.8) is 0 Å². The van der Waals surface area contributed by atoms with E-state index in [1.807, 2.05) is 62.4 Å². The van der Waals surface area contributed by atoms with E-state index in [2.05, 4.69) is 27.6 Å². The number of nitrogens with one attached hydrogen (secondary N) is 2. The predicted octanol–water partition coefficient (Wildman–Crippen LogP) is 3.45. The van der Waals surface area contributed by atoms with Crippen molar-refractivity contribution < 1.29 is 4.79 Å². The Bertz CT molecular complexity index is 1300. The second-order valence-corrected chi connectivity index (χ2v) is 7.45. The van der Waals surface area contributed by atoms with E-state index in [9.17, 15) is 9.59 Å². The van der Waals surface area contributed by atoms with Crippen LogP contribution in [-0.2, 0) is 17.8 Å². The van der Waals surface area contributed by atoms with Crippen LogP contribution in [0.1, 0.15) is 23.7 Å². The number of nitrogens with zero attached hydrogens (tertiary/aromatic N) is 4. The SMILES string of the molecule is CCc1cccc(NC(=O)Cn2nc3cc(C)nc(Nc4ccc(C)cc4)n3c2=O)c1. The molecule has 8 nitrogen and oxygen atoms in total. The van der Waals surface area contributed by atoms with E-state index in [0.717, 1.165) is 27.9 Å². The standard InChI is InChI=1S/C23H24N6O2/c1-4-17-6-5-7-19(13-17)25-21(30)14-28-23(31)29-20(27-28)12-16(3)24-22(29)26-18-10-8-15(2)9-11-18/h5-13H,4,14H2,1-3H3,(H,24,26)(H,25,30). The molecule has 0 aliphatic rings. The van der Waals surface area contributed by atoms with Gasteiger partial charge in [-0.15, -0.1) is 5.10 Å². The number of anilines is 3. The van der Waals surface area contributed by atoms with E-state index in [0.29, 0.717) is 23.0 Å². The quantitative estimate of drug-likeness (QED) is 0.502. The maximum Gasteiger partial charge on any atom is 0.353 e. The highest BCUT2D eigenvalue weighted by atomic mass is 16.2. The van der Waals surface area contributed by atoms with Crippen molar-refractivity contribution in [3.05, 3.63) is 81.9 Å². The van der Waals surface area contributed by atoms with Crippen LogP contribution in [0.4, 0.5) is 17.3 Å². The molecule has 0 radical (unpaired) electrons. The van der Waals surface area contributed by atoms with Crippen LogP contribution >= 0.6 is 0 Å². The lowest BCUT2D eigenvalue weighted by Crippen LogP contribution is -2.29. The van der Waals surface area contributed by atoms with E-state index < -0.39 is 5.69 Å². The highest BCUT2D eigenvalue weighted by Gasteiger charge is 2.15. The molecule has 4 rings (SSSR count). The van der Waals surface area contributed by atoms with Gasteiger partial charge in [-0.05, 0) is 50.1 Å². The summed E-state index contributed by atoms with van der Waals surface area (Å²) in [5, 5.41) is 10.3. The number of amides is 1. The van der Waals surface area contributed by atoms with Gasteiger partial charge in [-0.25, -0.2) is 18.9 Å². The summed E-state index contributed by atoms with van der Waals surface area (Å²) in [6.45, 7) is 5.69. The summed E-state index contributed by atoms with van der Waals surface area (Å²) in [6.07, 6.45) is 0.874. The molecule has 0 saturated heterocycles. The first-order valence-electron chi connectivity index (χ1n) is 10.1. The summed E-state index contributed by atoms with van der Waals surface area (Å²) >= 11 is 0. The van der Waals surface area contributed by atoms with Crippen molar-refractivity contribution in [1.82, 2.24) is 19.2 Å². The Morgan fingerprint density at radius 1 is 1.03 bits per heavy atom. The number of fused-ring (bicyclic) bond motifs is 1. The van der Waals surface area contributed by atoms with Gasteiger partial charge >= 0.3 is 5.69 Å². The van der Waals surface area contributed by atoms with Crippen LogP contribution < -0.4 is 16.3 Å². The molecule has 0 saturated carbocycles. The Balaban J connectivity index is 1.61. The summed E-state index contributed by atoms with van der Waals surface area (Å²) < 4.78 is 2.52. The summed E-state index contributed by atoms with van der Waals surface area (Å²) in [7, 11) is 0. The Labute approximate surface area is 179 Å². The van der Waals surface area contributed by atoms with Crippen molar-refractivity contribution in [1.29, 1.82) is 0 Å². The third kappa shape index (κ3) is 4.48. The number of aryl methyl sites for hydroxylation is 3. The maximum atomic E-state index is 13.0. The smallest absolute Gasteiger partial charge is 0.325 e. The lowest BCUT2D eigenvalue weighted by atomic mass is 10.1. The number of carbonyl (C=O) groups is 1. The summed E-state index contributed by atoms with van der Waals surface area (Å²) in [5.41, 5.74) is 4.45. The van der Waals surface area contributed by atoms with E-state index in [4.69, 9.17) is 0 Å². The summed E-state index contributed by atoms with van der Waals surface area (Å²) in [4.78, 5) is 30.0. The van der Waals surface area contributed by atoms with Gasteiger partial charge in [-0.2, -0.15) is 0 Å². The minimum Gasteiger partial charge on any atom is -0.325 e. The van der Waals surface area contributed by atoms with Gasteiger partial charge in [-0.3, -0.25) is 4.79 Å². The third-order valence-corrected chi connectivity index (χ3v) is 4.92. The largest absolute Gasteiger partial charge is 0.353 e. The number of hydrogen-bond donors (Lipinski definition) is 2. The van der Waals surface area contributed by atoms with Gasteiger partial charge in [0.2, 0.25) is 11.9 Å². The van der Waals surface area contributed by atoms with E-state index in [1.54, 1.807) is 6.07 Å². The Kier molecular flexibility index (Phi) is 5.53. The molecule has 0 atom stereocenters. The van der Waals surface area contributed by atoms with Gasteiger partial charge in [0.05, 0.1) is 0 Å². The molecule has 158 valence electrons. The molecule has 4 aromatic rings. The Hall–Kier alpha value is -3.94. The minimum absolute atomic E-state index is 0.195. The summed E-state index contributed by atoms with van der Waals surface area (Å²) in [5.74, 6) is 0.0302. The van der Waals surface area contributed by atoms with Crippen molar-refractivity contribution in [2.75, 3.05) is 10.6 Å². The number of carbonyl (C=O) groups excluding carboxylic acids is 1. The second kappa shape index (κ2) is 8.43. The van der Waals surface area contributed by atoms with Crippen LogP contribution in [0.15, 0.2) is 59.4 Å². The molecule has 0 fully saturated rings. The number of aromatic nitrogens is 4. The molecule has 0 spiro atoms. The molecule has 0 aliphatic carbocycles. The monoisotopic (exact) mass is 416 g/mol. The molecule has 2 aromatic heterocycles. The molecule has 2 N–H and O–H groups in total. The van der Waals surface area contributed by atoms with Gasteiger partial charge in [-0.1, -0.05) is 36.8 Å². The first-order valence-corrected chi connectivity index (χ1v) is 10.1. The van der Waals surface area contributed by atoms with Crippen molar-refractivity contribution >= 4 is 28.9 Å². The molecule has 2 heterocycles. The first-order chi connectivity index (χ1) is 14.9. The van der Waals surface area contributed by atoms with Gasteiger partial charge in [0.15, 0.2) is 5.65 Å². The van der Waals surface area contributed by atoms with Gasteiger partial charge < -0.3 is 10.6 Å². The summed E-state index contributed by atoms with van der Waals surface area (Å²) in [6, 6.07) is 17.1. The molecule has 1 amide bonds. The number of benzene rings is 2. The van der Waals surface area contributed by atoms with Crippen LogP contribution in [0.3, 0.4) is 0 Å². The fraction of sp³-hybridized carbons (Fsp3) is 0.217. The maximum absolute atomic E-state index is 13.0. The number of rotatable bonds is 6. The zero-order valence-corrected chi connectivity index (χ0v) is 17.7. The van der Waals surface area contributed by atoms with Gasteiger partial charge in [0, 0.05) is 23.1 Å². The van der Waals surface area contributed by atoms with Crippen molar-refractivity contribution in [2.45, 2.75) is 33.7 Å². The van der Waals surface area contributed by atoms with Crippen LogP contribution in [0.2, 0.25) is 0 Å². The molecular weight excluding hydrogens is 392 g/mol. The normalized spacial score (nSPS) is 10.9. The molecule has 0 bridgehead atoms. The zero-order chi connectivity index (χ0) is 22.0. The van der Waals surface area contributed by atoms with E-state index in [1.165, 1.54) is 4.40 Å². The van der Waals surface area contributed by atoms with Crippen molar-refractivity contribution in [2.24, 2.45) is 0 Å². The average Bonchev–Trinajstić information content (AvgIpc) is 3.04. The van der Waals surface area contributed by atoms with Crippen LogP contribution in [0.5, 0.6) is 0 Å². The third-order valence-electron chi connectivity index (χ3n) is 4.92.